The van der Waals surface area contributed by atoms with E-state index in [0.717, 1.165) is 23.3 Å². The molecule has 0 fully saturated rings. The van der Waals surface area contributed by atoms with Crippen LogP contribution in [0.2, 0.25) is 0 Å². The topological polar surface area (TPSA) is 46.9 Å². The van der Waals surface area contributed by atoms with Gasteiger partial charge in [-0.25, -0.2) is 13.8 Å². The molecule has 1 aromatic heterocycles. The van der Waals surface area contributed by atoms with Crippen LogP contribution >= 0.6 is 0 Å². The second-order valence-corrected chi connectivity index (χ2v) is 6.07. The predicted molar refractivity (Wildman–Crippen MR) is 98.6 cm³/mol. The van der Waals surface area contributed by atoms with Gasteiger partial charge in [-0.05, 0) is 36.4 Å². The van der Waals surface area contributed by atoms with Crippen molar-refractivity contribution in [3.63, 3.8) is 0 Å². The molecule has 3 aromatic carbocycles. The average molecular weight is 363 g/mol. The van der Waals surface area contributed by atoms with Gasteiger partial charge < -0.3 is 5.32 Å². The Morgan fingerprint density at radius 1 is 1.00 bits per heavy atom. The summed E-state index contributed by atoms with van der Waals surface area (Å²) in [5, 5.41) is 2.64. The van der Waals surface area contributed by atoms with Crippen LogP contribution < -0.4 is 5.32 Å². The Hall–Kier alpha value is -3.54. The average Bonchev–Trinajstić information content (AvgIpc) is 3.11. The van der Waals surface area contributed by atoms with Gasteiger partial charge in [0.2, 0.25) is 0 Å². The molecule has 27 heavy (non-hydrogen) atoms. The van der Waals surface area contributed by atoms with Crippen molar-refractivity contribution in [2.75, 3.05) is 0 Å². The molecule has 6 heteroatoms. The molecule has 0 aliphatic heterocycles. The zero-order chi connectivity index (χ0) is 18.8. The van der Waals surface area contributed by atoms with Crippen molar-refractivity contribution in [3.8, 4) is 5.69 Å². The number of nitrogens with one attached hydrogen (secondary N) is 1. The molecule has 0 saturated heterocycles. The van der Waals surface area contributed by atoms with Crippen molar-refractivity contribution in [1.82, 2.24) is 14.9 Å². The summed E-state index contributed by atoms with van der Waals surface area (Å²) in [6.45, 7) is -0.0263. The van der Waals surface area contributed by atoms with Crippen LogP contribution in [-0.4, -0.2) is 15.5 Å². The minimum atomic E-state index is -0.688. The maximum absolute atomic E-state index is 13.7. The smallest absolute Gasteiger partial charge is 0.251 e. The van der Waals surface area contributed by atoms with Crippen LogP contribution in [0.4, 0.5) is 8.78 Å². The van der Waals surface area contributed by atoms with E-state index in [2.05, 4.69) is 10.3 Å². The number of benzene rings is 3. The summed E-state index contributed by atoms with van der Waals surface area (Å²) in [6, 6.07) is 18.2. The van der Waals surface area contributed by atoms with Gasteiger partial charge in [0.15, 0.2) is 0 Å². The lowest BCUT2D eigenvalue weighted by Crippen LogP contribution is -2.23. The van der Waals surface area contributed by atoms with Crippen LogP contribution in [0.1, 0.15) is 15.9 Å². The van der Waals surface area contributed by atoms with Crippen LogP contribution in [-0.2, 0) is 6.54 Å². The number of hydrogen-bond acceptors (Lipinski definition) is 2. The first-order chi connectivity index (χ1) is 13.1. The molecule has 1 N–H and O–H groups in total. The third-order valence-corrected chi connectivity index (χ3v) is 4.30. The first kappa shape index (κ1) is 16.9. The molecule has 0 saturated carbocycles. The summed E-state index contributed by atoms with van der Waals surface area (Å²) in [5.41, 5.74) is 3.17. The number of carbonyl (C=O) groups excluding carboxylic acids is 1. The van der Waals surface area contributed by atoms with Crippen molar-refractivity contribution in [1.29, 1.82) is 0 Å². The Balaban J connectivity index is 1.54. The van der Waals surface area contributed by atoms with Crippen LogP contribution in [0, 0.1) is 11.6 Å². The lowest BCUT2D eigenvalue weighted by atomic mass is 10.1. The maximum Gasteiger partial charge on any atom is 0.251 e. The Labute approximate surface area is 154 Å². The van der Waals surface area contributed by atoms with Crippen LogP contribution in [0.25, 0.3) is 16.7 Å². The molecule has 0 atom stereocenters. The summed E-state index contributed by atoms with van der Waals surface area (Å²) in [5.74, 6) is -1.69. The van der Waals surface area contributed by atoms with E-state index in [-0.39, 0.29) is 18.0 Å². The quantitative estimate of drug-likeness (QED) is 0.590. The minimum absolute atomic E-state index is 0.0263. The number of para-hydroxylation sites is 1. The number of nitrogens with zero attached hydrogens (tertiary/aromatic N) is 2. The summed E-state index contributed by atoms with van der Waals surface area (Å²) in [6.07, 6.45) is 1.70. The van der Waals surface area contributed by atoms with E-state index in [9.17, 15) is 13.6 Å². The molecule has 0 bridgehead atoms. The Bertz CT molecular complexity index is 1120. The number of rotatable bonds is 4. The number of carbonyl (C=O) groups is 1. The van der Waals surface area contributed by atoms with Crippen molar-refractivity contribution >= 4 is 16.9 Å². The molecule has 4 rings (SSSR count). The van der Waals surface area contributed by atoms with Gasteiger partial charge in [0, 0.05) is 29.4 Å². The molecule has 0 aliphatic rings. The minimum Gasteiger partial charge on any atom is -0.348 e. The van der Waals surface area contributed by atoms with Crippen molar-refractivity contribution < 1.29 is 13.6 Å². The van der Waals surface area contributed by atoms with Crippen LogP contribution in [0.3, 0.4) is 0 Å². The zero-order valence-electron chi connectivity index (χ0n) is 14.2. The van der Waals surface area contributed by atoms with E-state index < -0.39 is 11.6 Å². The van der Waals surface area contributed by atoms with Gasteiger partial charge in [-0.2, -0.15) is 0 Å². The highest BCUT2D eigenvalue weighted by molar-refractivity contribution is 5.97. The normalized spacial score (nSPS) is 10.9. The van der Waals surface area contributed by atoms with Crippen molar-refractivity contribution in [3.05, 3.63) is 95.8 Å². The zero-order valence-corrected chi connectivity index (χ0v) is 14.2. The van der Waals surface area contributed by atoms with Crippen LogP contribution in [0.5, 0.6) is 0 Å². The lowest BCUT2D eigenvalue weighted by molar-refractivity contribution is 0.0950. The molecular weight excluding hydrogens is 348 g/mol. The fourth-order valence-electron chi connectivity index (χ4n) is 2.89. The largest absolute Gasteiger partial charge is 0.348 e. The van der Waals surface area contributed by atoms with Gasteiger partial charge in [-0.15, -0.1) is 0 Å². The molecule has 0 radical (unpaired) electrons. The van der Waals surface area contributed by atoms with Crippen LogP contribution in [0.15, 0.2) is 73.1 Å². The molecule has 4 aromatic rings. The van der Waals surface area contributed by atoms with Gasteiger partial charge in [-0.3, -0.25) is 9.36 Å². The number of aromatic nitrogens is 2. The standard InChI is InChI=1S/C21H15F2N3O/c22-16-8-6-15(18(23)11-16)12-24-21(27)14-7-9-20-19(10-14)25-13-26(20)17-4-2-1-3-5-17/h1-11,13H,12H2,(H,24,27). The van der Waals surface area contributed by atoms with Crippen molar-refractivity contribution in [2.24, 2.45) is 0 Å². The number of imidazole rings is 1. The molecular formula is C21H15F2N3O. The molecule has 134 valence electrons. The van der Waals surface area contributed by atoms with Crippen molar-refractivity contribution in [2.45, 2.75) is 6.54 Å². The highest BCUT2D eigenvalue weighted by Crippen LogP contribution is 2.19. The SMILES string of the molecule is O=C(NCc1ccc(F)cc1F)c1ccc2c(c1)ncn2-c1ccccc1. The van der Waals surface area contributed by atoms with E-state index in [1.165, 1.54) is 6.07 Å². The number of fused-ring (bicyclic) bond motifs is 1. The molecule has 0 unspecified atom stereocenters. The van der Waals surface area contributed by atoms with E-state index >= 15 is 0 Å². The Morgan fingerprint density at radius 2 is 1.81 bits per heavy atom. The van der Waals surface area contributed by atoms with Gasteiger partial charge in [0.25, 0.3) is 5.91 Å². The first-order valence-corrected chi connectivity index (χ1v) is 8.36. The summed E-state index contributed by atoms with van der Waals surface area (Å²) in [4.78, 5) is 16.7. The monoisotopic (exact) mass is 363 g/mol. The second-order valence-electron chi connectivity index (χ2n) is 6.07. The number of halogens is 2. The third kappa shape index (κ3) is 3.42. The van der Waals surface area contributed by atoms with Gasteiger partial charge in [0.05, 0.1) is 11.0 Å². The molecule has 0 aliphatic carbocycles. The molecule has 4 nitrogen and oxygen atoms in total. The number of hydrogen-bond donors (Lipinski definition) is 1. The predicted octanol–water partition coefficient (Wildman–Crippen LogP) is 4.23. The maximum atomic E-state index is 13.7. The summed E-state index contributed by atoms with van der Waals surface area (Å²) < 4.78 is 28.6. The lowest BCUT2D eigenvalue weighted by Gasteiger charge is -2.07. The molecule has 1 heterocycles. The molecule has 1 amide bonds. The second kappa shape index (κ2) is 6.99. The highest BCUT2D eigenvalue weighted by Gasteiger charge is 2.11. The highest BCUT2D eigenvalue weighted by atomic mass is 19.1. The fourth-order valence-corrected chi connectivity index (χ4v) is 2.89. The summed E-state index contributed by atoms with van der Waals surface area (Å²) >= 11 is 0. The van der Waals surface area contributed by atoms with E-state index in [1.807, 2.05) is 41.0 Å². The fraction of sp³-hybridized carbons (Fsp3) is 0.0476. The first-order valence-electron chi connectivity index (χ1n) is 8.36. The Kier molecular flexibility index (Phi) is 4.38. The van der Waals surface area contributed by atoms with Gasteiger partial charge in [0.1, 0.15) is 18.0 Å². The third-order valence-electron chi connectivity index (χ3n) is 4.30. The Morgan fingerprint density at radius 3 is 2.59 bits per heavy atom. The summed E-state index contributed by atoms with van der Waals surface area (Å²) in [7, 11) is 0. The van der Waals surface area contributed by atoms with Gasteiger partial charge >= 0.3 is 0 Å². The van der Waals surface area contributed by atoms with E-state index in [0.29, 0.717) is 11.1 Å². The van der Waals surface area contributed by atoms with Gasteiger partial charge in [-0.1, -0.05) is 24.3 Å². The van der Waals surface area contributed by atoms with E-state index in [4.69, 9.17) is 0 Å². The molecule has 0 spiro atoms. The number of amides is 1. The van der Waals surface area contributed by atoms with E-state index in [1.54, 1.807) is 18.5 Å².